The number of rotatable bonds is 3. The summed E-state index contributed by atoms with van der Waals surface area (Å²) in [6.07, 6.45) is 3.94. The van der Waals surface area contributed by atoms with Crippen LogP contribution in [0.4, 0.5) is 0 Å². The Morgan fingerprint density at radius 1 is 1.28 bits per heavy atom. The Hall–Kier alpha value is -1.06. The molecule has 0 aromatic heterocycles. The standard InChI is InChI=1S/C15H23NO2/c1-16(2)11-12-7-5-6-10-15(12,18)13-8-3-4-9-14(13)17/h3-4,8-9,12,17-18H,5-7,10-11H2,1-2H3. The first-order chi connectivity index (χ1) is 8.54. The van der Waals surface area contributed by atoms with Gasteiger partial charge in [-0.3, -0.25) is 0 Å². The highest BCUT2D eigenvalue weighted by Crippen LogP contribution is 2.44. The van der Waals surface area contributed by atoms with Gasteiger partial charge in [0.15, 0.2) is 0 Å². The van der Waals surface area contributed by atoms with Crippen LogP contribution < -0.4 is 0 Å². The monoisotopic (exact) mass is 249 g/mol. The van der Waals surface area contributed by atoms with Crippen LogP contribution >= 0.6 is 0 Å². The topological polar surface area (TPSA) is 43.7 Å². The number of phenolic OH excluding ortho intramolecular Hbond substituents is 1. The zero-order valence-corrected chi connectivity index (χ0v) is 11.3. The predicted molar refractivity (Wildman–Crippen MR) is 72.5 cm³/mol. The molecule has 0 aliphatic heterocycles. The van der Waals surface area contributed by atoms with Crippen LogP contribution in [0.2, 0.25) is 0 Å². The van der Waals surface area contributed by atoms with Gasteiger partial charge in [-0.1, -0.05) is 31.0 Å². The number of hydrogen-bond acceptors (Lipinski definition) is 3. The predicted octanol–water partition coefficient (Wildman–Crippen LogP) is 2.33. The van der Waals surface area contributed by atoms with Crippen LogP contribution in [-0.2, 0) is 5.60 Å². The van der Waals surface area contributed by atoms with Gasteiger partial charge in [0.1, 0.15) is 5.75 Å². The second kappa shape index (κ2) is 5.29. The van der Waals surface area contributed by atoms with Crippen molar-refractivity contribution < 1.29 is 10.2 Å². The minimum Gasteiger partial charge on any atom is -0.508 e. The number of nitrogens with zero attached hydrogens (tertiary/aromatic N) is 1. The maximum atomic E-state index is 11.0. The van der Waals surface area contributed by atoms with Gasteiger partial charge in [0, 0.05) is 18.0 Å². The van der Waals surface area contributed by atoms with Crippen molar-refractivity contribution in [2.45, 2.75) is 31.3 Å². The van der Waals surface area contributed by atoms with Crippen molar-refractivity contribution in [1.29, 1.82) is 0 Å². The van der Waals surface area contributed by atoms with E-state index < -0.39 is 5.60 Å². The van der Waals surface area contributed by atoms with Crippen molar-refractivity contribution in [3.63, 3.8) is 0 Å². The number of hydrogen-bond donors (Lipinski definition) is 2. The van der Waals surface area contributed by atoms with E-state index in [0.29, 0.717) is 5.56 Å². The molecule has 1 aliphatic rings. The van der Waals surface area contributed by atoms with Crippen molar-refractivity contribution in [3.8, 4) is 5.75 Å². The van der Waals surface area contributed by atoms with Gasteiger partial charge in [0.2, 0.25) is 0 Å². The van der Waals surface area contributed by atoms with Crippen molar-refractivity contribution in [2.75, 3.05) is 20.6 Å². The number of aliphatic hydroxyl groups is 1. The molecule has 1 aromatic carbocycles. The normalized spacial score (nSPS) is 28.6. The van der Waals surface area contributed by atoms with E-state index in [-0.39, 0.29) is 11.7 Å². The van der Waals surface area contributed by atoms with E-state index in [1.54, 1.807) is 12.1 Å². The smallest absolute Gasteiger partial charge is 0.121 e. The lowest BCUT2D eigenvalue weighted by Gasteiger charge is -2.41. The molecule has 2 atom stereocenters. The maximum Gasteiger partial charge on any atom is 0.121 e. The van der Waals surface area contributed by atoms with Gasteiger partial charge < -0.3 is 15.1 Å². The fraction of sp³-hybridized carbons (Fsp3) is 0.600. The average Bonchev–Trinajstić information content (AvgIpc) is 2.32. The highest BCUT2D eigenvalue weighted by molar-refractivity contribution is 5.37. The third-order valence-corrected chi connectivity index (χ3v) is 3.99. The lowest BCUT2D eigenvalue weighted by Crippen LogP contribution is -2.43. The quantitative estimate of drug-likeness (QED) is 0.864. The van der Waals surface area contributed by atoms with E-state index in [1.807, 2.05) is 26.2 Å². The van der Waals surface area contributed by atoms with Gasteiger partial charge in [0.05, 0.1) is 5.60 Å². The Kier molecular flexibility index (Phi) is 3.93. The van der Waals surface area contributed by atoms with Gasteiger partial charge >= 0.3 is 0 Å². The minimum atomic E-state index is -0.881. The largest absolute Gasteiger partial charge is 0.508 e. The molecule has 1 aliphatic carbocycles. The summed E-state index contributed by atoms with van der Waals surface area (Å²) in [7, 11) is 4.06. The first-order valence-corrected chi connectivity index (χ1v) is 6.69. The molecule has 0 radical (unpaired) electrons. The van der Waals surface area contributed by atoms with Crippen molar-refractivity contribution >= 4 is 0 Å². The first-order valence-electron chi connectivity index (χ1n) is 6.69. The van der Waals surface area contributed by atoms with Crippen LogP contribution in [0.5, 0.6) is 5.75 Å². The van der Waals surface area contributed by atoms with E-state index in [0.717, 1.165) is 32.2 Å². The third kappa shape index (κ3) is 2.52. The molecule has 100 valence electrons. The van der Waals surface area contributed by atoms with Gasteiger partial charge in [-0.15, -0.1) is 0 Å². The minimum absolute atomic E-state index is 0.189. The third-order valence-electron chi connectivity index (χ3n) is 3.99. The number of aromatic hydroxyl groups is 1. The van der Waals surface area contributed by atoms with Crippen molar-refractivity contribution in [3.05, 3.63) is 29.8 Å². The van der Waals surface area contributed by atoms with E-state index in [9.17, 15) is 10.2 Å². The molecule has 2 rings (SSSR count). The van der Waals surface area contributed by atoms with Crippen LogP contribution in [0, 0.1) is 5.92 Å². The zero-order chi connectivity index (χ0) is 13.2. The molecule has 0 spiro atoms. The van der Waals surface area contributed by atoms with Crippen molar-refractivity contribution in [2.24, 2.45) is 5.92 Å². The van der Waals surface area contributed by atoms with Crippen LogP contribution in [0.1, 0.15) is 31.2 Å². The highest BCUT2D eigenvalue weighted by atomic mass is 16.3. The molecule has 1 fully saturated rings. The van der Waals surface area contributed by atoms with Crippen LogP contribution in [-0.4, -0.2) is 35.8 Å². The van der Waals surface area contributed by atoms with Crippen molar-refractivity contribution in [1.82, 2.24) is 4.90 Å². The molecule has 0 amide bonds. The molecule has 0 heterocycles. The molecular formula is C15H23NO2. The Morgan fingerprint density at radius 2 is 2.00 bits per heavy atom. The first kappa shape index (κ1) is 13.4. The number of phenols is 1. The molecule has 0 saturated heterocycles. The summed E-state index contributed by atoms with van der Waals surface area (Å²) >= 11 is 0. The molecule has 18 heavy (non-hydrogen) atoms. The summed E-state index contributed by atoms with van der Waals surface area (Å²) in [4.78, 5) is 2.11. The summed E-state index contributed by atoms with van der Waals surface area (Å²) in [5.74, 6) is 0.403. The SMILES string of the molecule is CN(C)CC1CCCCC1(O)c1ccccc1O. The van der Waals surface area contributed by atoms with E-state index in [4.69, 9.17) is 0 Å². The molecular weight excluding hydrogens is 226 g/mol. The number of para-hydroxylation sites is 1. The molecule has 0 bridgehead atoms. The summed E-state index contributed by atoms with van der Waals surface area (Å²) in [6, 6.07) is 7.19. The van der Waals surface area contributed by atoms with Gasteiger partial charge in [-0.25, -0.2) is 0 Å². The summed E-state index contributed by atoms with van der Waals surface area (Å²) in [5, 5.41) is 21.1. The lowest BCUT2D eigenvalue weighted by atomic mass is 9.71. The highest BCUT2D eigenvalue weighted by Gasteiger charge is 2.41. The van der Waals surface area contributed by atoms with E-state index >= 15 is 0 Å². The Labute approximate surface area is 109 Å². The summed E-state index contributed by atoms with van der Waals surface area (Å²) in [6.45, 7) is 0.852. The molecule has 3 heteroatoms. The Bertz CT molecular complexity index is 405. The second-order valence-electron chi connectivity index (χ2n) is 5.65. The average molecular weight is 249 g/mol. The molecule has 3 nitrogen and oxygen atoms in total. The molecule has 2 unspecified atom stereocenters. The molecule has 1 saturated carbocycles. The maximum absolute atomic E-state index is 11.0. The lowest BCUT2D eigenvalue weighted by molar-refractivity contribution is -0.0632. The van der Waals surface area contributed by atoms with E-state index in [1.165, 1.54) is 0 Å². The van der Waals surface area contributed by atoms with Gasteiger partial charge in [-0.05, 0) is 33.0 Å². The number of benzene rings is 1. The summed E-state index contributed by atoms with van der Waals surface area (Å²) in [5.41, 5.74) is -0.190. The molecule has 1 aromatic rings. The van der Waals surface area contributed by atoms with Crippen LogP contribution in [0.3, 0.4) is 0 Å². The molecule has 2 N–H and O–H groups in total. The van der Waals surface area contributed by atoms with Gasteiger partial charge in [-0.2, -0.15) is 0 Å². The van der Waals surface area contributed by atoms with Crippen LogP contribution in [0.25, 0.3) is 0 Å². The zero-order valence-electron chi connectivity index (χ0n) is 11.3. The second-order valence-corrected chi connectivity index (χ2v) is 5.65. The Morgan fingerprint density at radius 3 is 2.67 bits per heavy atom. The Balaban J connectivity index is 2.33. The van der Waals surface area contributed by atoms with Crippen LogP contribution in [0.15, 0.2) is 24.3 Å². The fourth-order valence-electron chi connectivity index (χ4n) is 3.11. The summed E-state index contributed by atoms with van der Waals surface area (Å²) < 4.78 is 0. The van der Waals surface area contributed by atoms with E-state index in [2.05, 4.69) is 4.90 Å². The van der Waals surface area contributed by atoms with Gasteiger partial charge in [0.25, 0.3) is 0 Å². The fourth-order valence-corrected chi connectivity index (χ4v) is 3.11.